The zero-order valence-corrected chi connectivity index (χ0v) is 16.9. The molecule has 7 heteroatoms. The first-order chi connectivity index (χ1) is 13.0. The SMILES string of the molecule is CCNC(=NCC(C)N1CCOCC1C)N(C)CCOc1ccccc1F. The molecule has 1 fully saturated rings. The Morgan fingerprint density at radius 2 is 2.26 bits per heavy atom. The number of morpholine rings is 1. The maximum absolute atomic E-state index is 13.6. The number of halogens is 1. The second-order valence-electron chi connectivity index (χ2n) is 6.91. The maximum Gasteiger partial charge on any atom is 0.193 e. The van der Waals surface area contributed by atoms with Crippen LogP contribution in [-0.2, 0) is 4.74 Å². The Bertz CT molecular complexity index is 599. The molecule has 0 spiro atoms. The van der Waals surface area contributed by atoms with Crippen LogP contribution in [0.3, 0.4) is 0 Å². The van der Waals surface area contributed by atoms with Gasteiger partial charge in [-0.2, -0.15) is 0 Å². The first-order valence-electron chi connectivity index (χ1n) is 9.73. The highest BCUT2D eigenvalue weighted by Gasteiger charge is 2.23. The van der Waals surface area contributed by atoms with E-state index >= 15 is 0 Å². The van der Waals surface area contributed by atoms with Crippen molar-refractivity contribution in [1.82, 2.24) is 15.1 Å². The van der Waals surface area contributed by atoms with Gasteiger partial charge in [0.05, 0.1) is 26.3 Å². The number of nitrogens with one attached hydrogen (secondary N) is 1. The molecule has 0 aliphatic carbocycles. The van der Waals surface area contributed by atoms with Gasteiger partial charge in [-0.3, -0.25) is 9.89 Å². The van der Waals surface area contributed by atoms with Crippen LogP contribution in [0.5, 0.6) is 5.75 Å². The Hall–Kier alpha value is -1.86. The zero-order valence-electron chi connectivity index (χ0n) is 16.9. The van der Waals surface area contributed by atoms with E-state index in [1.165, 1.54) is 6.07 Å². The molecule has 1 saturated heterocycles. The monoisotopic (exact) mass is 380 g/mol. The Balaban J connectivity index is 1.86. The molecule has 0 aromatic heterocycles. The van der Waals surface area contributed by atoms with E-state index in [1.54, 1.807) is 18.2 Å². The summed E-state index contributed by atoms with van der Waals surface area (Å²) in [6, 6.07) is 7.22. The second kappa shape index (κ2) is 11.1. The van der Waals surface area contributed by atoms with Crippen molar-refractivity contribution in [2.75, 3.05) is 53.0 Å². The molecule has 1 heterocycles. The molecule has 1 aromatic rings. The van der Waals surface area contributed by atoms with E-state index in [1.807, 2.05) is 18.9 Å². The number of nitrogens with zero attached hydrogens (tertiary/aromatic N) is 3. The molecule has 0 saturated carbocycles. The molecule has 27 heavy (non-hydrogen) atoms. The third-order valence-electron chi connectivity index (χ3n) is 4.71. The van der Waals surface area contributed by atoms with Crippen LogP contribution >= 0.6 is 0 Å². The average molecular weight is 381 g/mol. The molecule has 1 aliphatic heterocycles. The van der Waals surface area contributed by atoms with Crippen LogP contribution in [0.25, 0.3) is 0 Å². The Labute approximate surface area is 162 Å². The fourth-order valence-corrected chi connectivity index (χ4v) is 3.15. The minimum absolute atomic E-state index is 0.280. The quantitative estimate of drug-likeness (QED) is 0.554. The highest BCUT2D eigenvalue weighted by molar-refractivity contribution is 5.79. The minimum Gasteiger partial charge on any atom is -0.489 e. The summed E-state index contributed by atoms with van der Waals surface area (Å²) in [6.45, 7) is 11.5. The van der Waals surface area contributed by atoms with Crippen molar-refractivity contribution >= 4 is 5.96 Å². The number of hydrogen-bond acceptors (Lipinski definition) is 4. The van der Waals surface area contributed by atoms with E-state index < -0.39 is 0 Å². The van der Waals surface area contributed by atoms with Crippen molar-refractivity contribution in [2.45, 2.75) is 32.9 Å². The highest BCUT2D eigenvalue weighted by Crippen LogP contribution is 2.15. The first kappa shape index (κ1) is 21.4. The molecule has 2 unspecified atom stereocenters. The summed E-state index contributed by atoms with van der Waals surface area (Å²) in [7, 11) is 1.97. The average Bonchev–Trinajstić information content (AvgIpc) is 2.66. The van der Waals surface area contributed by atoms with Crippen molar-refractivity contribution in [1.29, 1.82) is 0 Å². The molecule has 2 rings (SSSR count). The number of guanidine groups is 1. The van der Waals surface area contributed by atoms with Crippen molar-refractivity contribution in [3.8, 4) is 5.75 Å². The molecule has 1 aliphatic rings. The normalized spacial score (nSPS) is 19.6. The number of aliphatic imine (C=N–C) groups is 1. The second-order valence-corrected chi connectivity index (χ2v) is 6.91. The molecule has 152 valence electrons. The van der Waals surface area contributed by atoms with E-state index in [-0.39, 0.29) is 11.6 Å². The Morgan fingerprint density at radius 1 is 1.48 bits per heavy atom. The van der Waals surface area contributed by atoms with Crippen molar-refractivity contribution < 1.29 is 13.9 Å². The number of rotatable bonds is 8. The molecule has 1 N–H and O–H groups in total. The van der Waals surface area contributed by atoms with Crippen LogP contribution in [0.4, 0.5) is 4.39 Å². The molecule has 0 bridgehead atoms. The lowest BCUT2D eigenvalue weighted by Crippen LogP contribution is -2.49. The number of likely N-dealkylation sites (N-methyl/N-ethyl adjacent to an activating group) is 1. The van der Waals surface area contributed by atoms with Crippen LogP contribution < -0.4 is 10.1 Å². The summed E-state index contributed by atoms with van der Waals surface area (Å²) < 4.78 is 24.7. The van der Waals surface area contributed by atoms with E-state index in [0.29, 0.717) is 31.8 Å². The largest absolute Gasteiger partial charge is 0.489 e. The fraction of sp³-hybridized carbons (Fsp3) is 0.650. The standard InChI is InChI=1S/C20H33FN4O2/c1-5-22-20(23-14-16(2)25-11-12-26-15-17(25)3)24(4)10-13-27-19-9-7-6-8-18(19)21/h6-9,16-17H,5,10-15H2,1-4H3,(H,22,23). The topological polar surface area (TPSA) is 49.3 Å². The van der Waals surface area contributed by atoms with Gasteiger partial charge < -0.3 is 19.7 Å². The van der Waals surface area contributed by atoms with Crippen LogP contribution in [-0.4, -0.2) is 80.9 Å². The number of ether oxygens (including phenoxy) is 2. The summed E-state index contributed by atoms with van der Waals surface area (Å²) in [5.74, 6) is 0.777. The first-order valence-corrected chi connectivity index (χ1v) is 9.73. The minimum atomic E-state index is -0.339. The predicted molar refractivity (Wildman–Crippen MR) is 107 cm³/mol. The molecule has 0 radical (unpaired) electrons. The third-order valence-corrected chi connectivity index (χ3v) is 4.71. The summed E-state index contributed by atoms with van der Waals surface area (Å²) in [4.78, 5) is 9.24. The summed E-state index contributed by atoms with van der Waals surface area (Å²) in [6.07, 6.45) is 0. The summed E-state index contributed by atoms with van der Waals surface area (Å²) in [5, 5.41) is 3.32. The van der Waals surface area contributed by atoms with Crippen molar-refractivity contribution in [2.24, 2.45) is 4.99 Å². The molecule has 0 amide bonds. The predicted octanol–water partition coefficient (Wildman–Crippen LogP) is 2.21. The maximum atomic E-state index is 13.6. The van der Waals surface area contributed by atoms with Gasteiger partial charge in [0.2, 0.25) is 0 Å². The van der Waals surface area contributed by atoms with Crippen LogP contribution in [0, 0.1) is 5.82 Å². The van der Waals surface area contributed by atoms with Crippen molar-refractivity contribution in [3.63, 3.8) is 0 Å². The lowest BCUT2D eigenvalue weighted by atomic mass is 10.2. The highest BCUT2D eigenvalue weighted by atomic mass is 19.1. The van der Waals surface area contributed by atoms with E-state index in [0.717, 1.165) is 32.3 Å². The molecular weight excluding hydrogens is 347 g/mol. The van der Waals surface area contributed by atoms with Gasteiger partial charge in [0.1, 0.15) is 6.61 Å². The lowest BCUT2D eigenvalue weighted by molar-refractivity contribution is -0.0166. The number of para-hydroxylation sites is 1. The molecule has 2 atom stereocenters. The molecular formula is C20H33FN4O2. The van der Waals surface area contributed by atoms with Gasteiger partial charge in [0.15, 0.2) is 17.5 Å². The molecule has 6 nitrogen and oxygen atoms in total. The lowest BCUT2D eigenvalue weighted by Gasteiger charge is -2.37. The van der Waals surface area contributed by atoms with Gasteiger partial charge in [-0.25, -0.2) is 4.39 Å². The van der Waals surface area contributed by atoms with E-state index in [9.17, 15) is 4.39 Å². The zero-order chi connectivity index (χ0) is 19.6. The Kier molecular flexibility index (Phi) is 8.81. The molecule has 1 aromatic carbocycles. The summed E-state index contributed by atoms with van der Waals surface area (Å²) >= 11 is 0. The van der Waals surface area contributed by atoms with E-state index in [4.69, 9.17) is 14.5 Å². The van der Waals surface area contributed by atoms with Crippen molar-refractivity contribution in [3.05, 3.63) is 30.1 Å². The fourth-order valence-electron chi connectivity index (χ4n) is 3.15. The van der Waals surface area contributed by atoms with Gasteiger partial charge in [0, 0.05) is 32.2 Å². The third kappa shape index (κ3) is 6.66. The number of hydrogen-bond donors (Lipinski definition) is 1. The Morgan fingerprint density at radius 3 is 2.96 bits per heavy atom. The van der Waals surface area contributed by atoms with Gasteiger partial charge >= 0.3 is 0 Å². The van der Waals surface area contributed by atoms with Gasteiger partial charge in [-0.1, -0.05) is 12.1 Å². The van der Waals surface area contributed by atoms with Crippen LogP contribution in [0.1, 0.15) is 20.8 Å². The summed E-state index contributed by atoms with van der Waals surface area (Å²) in [5.41, 5.74) is 0. The van der Waals surface area contributed by atoms with Crippen LogP contribution in [0.2, 0.25) is 0 Å². The smallest absolute Gasteiger partial charge is 0.193 e. The van der Waals surface area contributed by atoms with Gasteiger partial charge in [0.25, 0.3) is 0 Å². The van der Waals surface area contributed by atoms with Gasteiger partial charge in [-0.15, -0.1) is 0 Å². The van der Waals surface area contributed by atoms with E-state index in [2.05, 4.69) is 24.1 Å². The van der Waals surface area contributed by atoms with Crippen LogP contribution in [0.15, 0.2) is 29.3 Å². The van der Waals surface area contributed by atoms with Gasteiger partial charge in [-0.05, 0) is 32.9 Å². The number of benzene rings is 1.